The highest BCUT2D eigenvalue weighted by Crippen LogP contribution is 2.27. The van der Waals surface area contributed by atoms with Crippen LogP contribution in [0.3, 0.4) is 0 Å². The molecule has 2 rings (SSSR count). The number of fused-ring (bicyclic) bond motifs is 1. The zero-order chi connectivity index (χ0) is 10.1. The van der Waals surface area contributed by atoms with Crippen molar-refractivity contribution in [1.82, 2.24) is 9.78 Å². The summed E-state index contributed by atoms with van der Waals surface area (Å²) >= 11 is 0. The van der Waals surface area contributed by atoms with Crippen LogP contribution in [0.2, 0.25) is 0 Å². The Morgan fingerprint density at radius 1 is 1.50 bits per heavy atom. The van der Waals surface area contributed by atoms with E-state index in [1.54, 1.807) is 11.8 Å². The summed E-state index contributed by atoms with van der Waals surface area (Å²) in [6.45, 7) is 0.466. The molecule has 0 fully saturated rings. The van der Waals surface area contributed by atoms with Gasteiger partial charge in [0.05, 0.1) is 23.7 Å². The summed E-state index contributed by atoms with van der Waals surface area (Å²) in [6.07, 6.45) is 0. The minimum atomic E-state index is 0.466. The molecule has 0 radical (unpaired) electrons. The molecule has 0 amide bonds. The standard InChI is InChI=1S/C10H13N3O/c1-13-8(6-11)10-7(12-13)4-3-5-9(10)14-2/h3-5H,6,11H2,1-2H3. The molecule has 4 nitrogen and oxygen atoms in total. The van der Waals surface area contributed by atoms with Crippen molar-refractivity contribution in [3.05, 3.63) is 23.9 Å². The van der Waals surface area contributed by atoms with Crippen molar-refractivity contribution in [2.45, 2.75) is 6.54 Å². The van der Waals surface area contributed by atoms with Crippen molar-refractivity contribution in [2.24, 2.45) is 12.8 Å². The second kappa shape index (κ2) is 3.31. The van der Waals surface area contributed by atoms with Crippen LogP contribution in [0.15, 0.2) is 18.2 Å². The number of nitrogens with two attached hydrogens (primary N) is 1. The van der Waals surface area contributed by atoms with E-state index in [-0.39, 0.29) is 0 Å². The summed E-state index contributed by atoms with van der Waals surface area (Å²) in [5.74, 6) is 0.830. The predicted octanol–water partition coefficient (Wildman–Crippen LogP) is 1.04. The molecule has 4 heteroatoms. The lowest BCUT2D eigenvalue weighted by molar-refractivity contribution is 0.419. The van der Waals surface area contributed by atoms with E-state index < -0.39 is 0 Å². The Hall–Kier alpha value is -1.55. The van der Waals surface area contributed by atoms with Gasteiger partial charge >= 0.3 is 0 Å². The highest BCUT2D eigenvalue weighted by atomic mass is 16.5. The van der Waals surface area contributed by atoms with Gasteiger partial charge in [-0.2, -0.15) is 5.10 Å². The first-order chi connectivity index (χ1) is 6.77. The maximum Gasteiger partial charge on any atom is 0.130 e. The first-order valence-electron chi connectivity index (χ1n) is 4.46. The maximum absolute atomic E-state index is 5.67. The summed E-state index contributed by atoms with van der Waals surface area (Å²) in [6, 6.07) is 5.80. The van der Waals surface area contributed by atoms with E-state index in [0.717, 1.165) is 22.3 Å². The van der Waals surface area contributed by atoms with Crippen LogP contribution in [0, 0.1) is 0 Å². The van der Waals surface area contributed by atoms with E-state index in [1.807, 2.05) is 25.2 Å². The maximum atomic E-state index is 5.67. The summed E-state index contributed by atoms with van der Waals surface area (Å²) in [7, 11) is 3.55. The van der Waals surface area contributed by atoms with E-state index in [0.29, 0.717) is 6.54 Å². The SMILES string of the molecule is COc1cccc2nn(C)c(CN)c12. The zero-order valence-corrected chi connectivity index (χ0v) is 8.32. The molecule has 1 aromatic heterocycles. The third kappa shape index (κ3) is 1.15. The van der Waals surface area contributed by atoms with E-state index >= 15 is 0 Å². The first kappa shape index (κ1) is 9.02. The largest absolute Gasteiger partial charge is 0.496 e. The van der Waals surface area contributed by atoms with E-state index in [1.165, 1.54) is 0 Å². The Morgan fingerprint density at radius 2 is 2.29 bits per heavy atom. The minimum absolute atomic E-state index is 0.466. The molecule has 0 bridgehead atoms. The molecule has 0 atom stereocenters. The zero-order valence-electron chi connectivity index (χ0n) is 8.32. The molecule has 2 aromatic rings. The molecule has 1 aromatic carbocycles. The van der Waals surface area contributed by atoms with E-state index in [4.69, 9.17) is 10.5 Å². The van der Waals surface area contributed by atoms with Gasteiger partial charge in [0.15, 0.2) is 0 Å². The number of aromatic nitrogens is 2. The smallest absolute Gasteiger partial charge is 0.130 e. The molecular formula is C10H13N3O. The van der Waals surface area contributed by atoms with Crippen molar-refractivity contribution in [1.29, 1.82) is 0 Å². The number of hydrogen-bond donors (Lipinski definition) is 1. The summed E-state index contributed by atoms with van der Waals surface area (Å²) in [5.41, 5.74) is 7.59. The van der Waals surface area contributed by atoms with Gasteiger partial charge in [0, 0.05) is 13.6 Å². The Bertz CT molecular complexity index is 462. The number of nitrogens with zero attached hydrogens (tertiary/aromatic N) is 2. The van der Waals surface area contributed by atoms with E-state index in [9.17, 15) is 0 Å². The van der Waals surface area contributed by atoms with Crippen LogP contribution >= 0.6 is 0 Å². The van der Waals surface area contributed by atoms with Gasteiger partial charge in [0.2, 0.25) is 0 Å². The lowest BCUT2D eigenvalue weighted by atomic mass is 10.2. The normalized spacial score (nSPS) is 10.8. The van der Waals surface area contributed by atoms with Gasteiger partial charge in [-0.1, -0.05) is 6.07 Å². The monoisotopic (exact) mass is 191 g/mol. The fourth-order valence-electron chi connectivity index (χ4n) is 1.68. The number of rotatable bonds is 2. The van der Waals surface area contributed by atoms with Gasteiger partial charge in [-0.15, -0.1) is 0 Å². The minimum Gasteiger partial charge on any atom is -0.496 e. The Morgan fingerprint density at radius 3 is 2.93 bits per heavy atom. The molecule has 1 heterocycles. The molecule has 14 heavy (non-hydrogen) atoms. The second-order valence-corrected chi connectivity index (χ2v) is 3.13. The van der Waals surface area contributed by atoms with Crippen LogP contribution in [0.4, 0.5) is 0 Å². The highest BCUT2D eigenvalue weighted by molar-refractivity contribution is 5.87. The quantitative estimate of drug-likeness (QED) is 0.771. The Balaban J connectivity index is 2.82. The average Bonchev–Trinajstić information content (AvgIpc) is 2.52. The van der Waals surface area contributed by atoms with Crippen LogP contribution in [0.5, 0.6) is 5.75 Å². The molecule has 0 saturated heterocycles. The van der Waals surface area contributed by atoms with Crippen molar-refractivity contribution in [2.75, 3.05) is 7.11 Å². The molecule has 0 saturated carbocycles. The first-order valence-corrected chi connectivity index (χ1v) is 4.46. The highest BCUT2D eigenvalue weighted by Gasteiger charge is 2.11. The van der Waals surface area contributed by atoms with Gasteiger partial charge in [0.25, 0.3) is 0 Å². The molecule has 0 spiro atoms. The average molecular weight is 191 g/mol. The third-order valence-corrected chi connectivity index (χ3v) is 2.35. The van der Waals surface area contributed by atoms with Gasteiger partial charge < -0.3 is 10.5 Å². The van der Waals surface area contributed by atoms with Crippen LogP contribution in [0.25, 0.3) is 10.9 Å². The van der Waals surface area contributed by atoms with Crippen LogP contribution in [0.1, 0.15) is 5.69 Å². The van der Waals surface area contributed by atoms with Gasteiger partial charge in [0.1, 0.15) is 5.75 Å². The number of hydrogen-bond acceptors (Lipinski definition) is 3. The molecular weight excluding hydrogens is 178 g/mol. The molecule has 0 aliphatic heterocycles. The van der Waals surface area contributed by atoms with Crippen molar-refractivity contribution >= 4 is 10.9 Å². The topological polar surface area (TPSA) is 53.1 Å². The van der Waals surface area contributed by atoms with Crippen molar-refractivity contribution in [3.8, 4) is 5.75 Å². The number of methoxy groups -OCH3 is 1. The van der Waals surface area contributed by atoms with E-state index in [2.05, 4.69) is 5.10 Å². The van der Waals surface area contributed by atoms with Crippen molar-refractivity contribution < 1.29 is 4.74 Å². The fourth-order valence-corrected chi connectivity index (χ4v) is 1.68. The lowest BCUT2D eigenvalue weighted by Gasteiger charge is -2.02. The molecule has 0 aliphatic carbocycles. The third-order valence-electron chi connectivity index (χ3n) is 2.35. The van der Waals surface area contributed by atoms with Crippen molar-refractivity contribution in [3.63, 3.8) is 0 Å². The van der Waals surface area contributed by atoms with Crippen LogP contribution in [-0.4, -0.2) is 16.9 Å². The lowest BCUT2D eigenvalue weighted by Crippen LogP contribution is -2.04. The number of ether oxygens (including phenoxy) is 1. The summed E-state index contributed by atoms with van der Waals surface area (Å²) in [4.78, 5) is 0. The van der Waals surface area contributed by atoms with Gasteiger partial charge in [-0.05, 0) is 12.1 Å². The van der Waals surface area contributed by atoms with Gasteiger partial charge in [-0.3, -0.25) is 4.68 Å². The molecule has 2 N–H and O–H groups in total. The van der Waals surface area contributed by atoms with Crippen LogP contribution < -0.4 is 10.5 Å². The Labute approximate surface area is 82.3 Å². The van der Waals surface area contributed by atoms with Gasteiger partial charge in [-0.25, -0.2) is 0 Å². The van der Waals surface area contributed by atoms with Crippen LogP contribution in [-0.2, 0) is 13.6 Å². The molecule has 74 valence electrons. The number of aryl methyl sites for hydroxylation is 1. The predicted molar refractivity (Wildman–Crippen MR) is 55.2 cm³/mol. The summed E-state index contributed by atoms with van der Waals surface area (Å²) in [5, 5.41) is 5.36. The molecule has 0 aliphatic rings. The second-order valence-electron chi connectivity index (χ2n) is 3.13. The summed E-state index contributed by atoms with van der Waals surface area (Å²) < 4.78 is 7.07. The Kier molecular flexibility index (Phi) is 2.13. The number of benzene rings is 1. The molecule has 0 unspecified atom stereocenters. The fraction of sp³-hybridized carbons (Fsp3) is 0.300.